The Morgan fingerprint density at radius 1 is 1.29 bits per heavy atom. The fraction of sp³-hybridized carbons (Fsp3) is 0.500. The van der Waals surface area contributed by atoms with Crippen molar-refractivity contribution in [2.24, 2.45) is 0 Å². The Morgan fingerprint density at radius 2 is 1.92 bits per heavy atom. The van der Waals surface area contributed by atoms with E-state index < -0.39 is 27.3 Å². The highest BCUT2D eigenvalue weighted by molar-refractivity contribution is 7.90. The van der Waals surface area contributed by atoms with Crippen molar-refractivity contribution in [1.82, 2.24) is 9.62 Å². The van der Waals surface area contributed by atoms with Crippen molar-refractivity contribution in [1.29, 1.82) is 0 Å². The number of hydrogen-bond donors (Lipinski definition) is 2. The van der Waals surface area contributed by atoms with Crippen LogP contribution in [0.15, 0.2) is 30.3 Å². The number of amides is 1. The maximum Gasteiger partial charge on any atom is 0.321 e. The topological polar surface area (TPSA) is 104 Å². The van der Waals surface area contributed by atoms with Crippen LogP contribution in [0.2, 0.25) is 0 Å². The molecule has 132 valence electrons. The molecule has 8 heteroatoms. The Morgan fingerprint density at radius 3 is 2.46 bits per heavy atom. The number of sulfonamides is 1. The minimum atomic E-state index is -3.77. The summed E-state index contributed by atoms with van der Waals surface area (Å²) >= 11 is 0. The van der Waals surface area contributed by atoms with Crippen LogP contribution >= 0.6 is 0 Å². The van der Waals surface area contributed by atoms with E-state index in [1.54, 1.807) is 30.3 Å². The van der Waals surface area contributed by atoms with Crippen molar-refractivity contribution in [3.63, 3.8) is 0 Å². The van der Waals surface area contributed by atoms with E-state index in [2.05, 4.69) is 4.72 Å². The highest BCUT2D eigenvalue weighted by Crippen LogP contribution is 2.19. The first-order valence-electron chi connectivity index (χ1n) is 7.93. The minimum absolute atomic E-state index is 0.0726. The number of carbonyl (C=O) groups is 2. The van der Waals surface area contributed by atoms with E-state index >= 15 is 0 Å². The van der Waals surface area contributed by atoms with Gasteiger partial charge >= 0.3 is 5.97 Å². The van der Waals surface area contributed by atoms with Crippen molar-refractivity contribution >= 4 is 21.9 Å². The molecule has 1 unspecified atom stereocenters. The predicted octanol–water partition coefficient (Wildman–Crippen LogP) is 1.07. The van der Waals surface area contributed by atoms with Crippen LogP contribution in [-0.2, 0) is 14.8 Å². The molecule has 0 spiro atoms. The highest BCUT2D eigenvalue weighted by Gasteiger charge is 2.41. The normalized spacial score (nSPS) is 16.5. The van der Waals surface area contributed by atoms with Gasteiger partial charge in [-0.3, -0.25) is 9.59 Å². The summed E-state index contributed by atoms with van der Waals surface area (Å²) < 4.78 is 26.8. The van der Waals surface area contributed by atoms with Gasteiger partial charge in [0, 0.05) is 18.7 Å². The molecule has 0 aromatic heterocycles. The van der Waals surface area contributed by atoms with Gasteiger partial charge in [0.05, 0.1) is 0 Å². The lowest BCUT2D eigenvalue weighted by molar-refractivity contribution is -0.139. The van der Waals surface area contributed by atoms with Gasteiger partial charge in [0.15, 0.2) is 0 Å². The molecule has 24 heavy (non-hydrogen) atoms. The van der Waals surface area contributed by atoms with E-state index in [4.69, 9.17) is 5.11 Å². The lowest BCUT2D eigenvalue weighted by Crippen LogP contribution is -2.60. The number of rotatable bonds is 8. The smallest absolute Gasteiger partial charge is 0.321 e. The van der Waals surface area contributed by atoms with Crippen LogP contribution in [0, 0.1) is 0 Å². The van der Waals surface area contributed by atoms with Gasteiger partial charge in [-0.25, -0.2) is 13.1 Å². The van der Waals surface area contributed by atoms with Crippen LogP contribution in [0.4, 0.5) is 0 Å². The van der Waals surface area contributed by atoms with Gasteiger partial charge in [0.1, 0.15) is 11.3 Å². The van der Waals surface area contributed by atoms with E-state index in [0.717, 1.165) is 6.42 Å². The van der Waals surface area contributed by atoms with Crippen LogP contribution in [0.1, 0.15) is 36.5 Å². The molecule has 0 saturated carbocycles. The second kappa shape index (κ2) is 7.76. The third kappa shape index (κ3) is 4.33. The first-order valence-corrected chi connectivity index (χ1v) is 9.48. The third-order valence-electron chi connectivity index (χ3n) is 4.05. The molecule has 1 saturated heterocycles. The molecular formula is C16H22N2O5S. The number of aliphatic carboxylic acids is 1. The lowest BCUT2D eigenvalue weighted by atomic mass is 10.1. The van der Waals surface area contributed by atoms with E-state index in [1.807, 2.05) is 6.92 Å². The number of carboxylic acids is 1. The molecule has 1 aromatic carbocycles. The van der Waals surface area contributed by atoms with Crippen molar-refractivity contribution in [3.05, 3.63) is 35.9 Å². The molecule has 7 nitrogen and oxygen atoms in total. The molecule has 1 fully saturated rings. The number of carboxylic acid groups (broad SMARTS) is 1. The zero-order valence-corrected chi connectivity index (χ0v) is 14.3. The fourth-order valence-corrected chi connectivity index (χ4v) is 4.06. The lowest BCUT2D eigenvalue weighted by Gasteiger charge is -2.39. The second-order valence-corrected chi connectivity index (χ2v) is 7.89. The van der Waals surface area contributed by atoms with E-state index in [9.17, 15) is 18.0 Å². The number of nitrogens with zero attached hydrogens (tertiary/aromatic N) is 1. The number of nitrogens with one attached hydrogen (secondary N) is 1. The summed E-state index contributed by atoms with van der Waals surface area (Å²) in [5, 5.41) is 8.36. The molecule has 2 N–H and O–H groups in total. The number of hydrogen-bond acceptors (Lipinski definition) is 4. The predicted molar refractivity (Wildman–Crippen MR) is 89.1 cm³/mol. The molecule has 1 aliphatic rings. The van der Waals surface area contributed by atoms with E-state index in [-0.39, 0.29) is 25.4 Å². The van der Waals surface area contributed by atoms with Crippen LogP contribution in [0.5, 0.6) is 0 Å². The molecule has 1 aliphatic heterocycles. The van der Waals surface area contributed by atoms with Gasteiger partial charge < -0.3 is 10.0 Å². The summed E-state index contributed by atoms with van der Waals surface area (Å²) in [6.07, 6.45) is 1.67. The number of carbonyl (C=O) groups excluding carboxylic acids is 1. The number of unbranched alkanes of at least 4 members (excludes halogenated alkanes) is 1. The van der Waals surface area contributed by atoms with Crippen molar-refractivity contribution in [2.75, 3.05) is 13.1 Å². The molecule has 1 heterocycles. The second-order valence-electron chi connectivity index (χ2n) is 5.89. The van der Waals surface area contributed by atoms with Gasteiger partial charge in [0.2, 0.25) is 10.0 Å². The monoisotopic (exact) mass is 354 g/mol. The summed E-state index contributed by atoms with van der Waals surface area (Å²) in [7, 11) is -3.77. The Labute approximate surface area is 141 Å². The molecule has 0 radical (unpaired) electrons. The quantitative estimate of drug-likeness (QED) is 0.727. The Balaban J connectivity index is 1.93. The molecular weight excluding hydrogens is 332 g/mol. The van der Waals surface area contributed by atoms with E-state index in [0.29, 0.717) is 12.0 Å². The van der Waals surface area contributed by atoms with Crippen molar-refractivity contribution in [3.8, 4) is 0 Å². The molecule has 1 atom stereocenters. The highest BCUT2D eigenvalue weighted by atomic mass is 32.2. The first-order chi connectivity index (χ1) is 11.3. The van der Waals surface area contributed by atoms with Gasteiger partial charge in [-0.2, -0.15) is 0 Å². The molecule has 2 rings (SSSR count). The van der Waals surface area contributed by atoms with Crippen molar-refractivity contribution in [2.45, 2.75) is 37.5 Å². The average molecular weight is 354 g/mol. The Kier molecular flexibility index (Phi) is 5.95. The zero-order valence-electron chi connectivity index (χ0n) is 13.5. The summed E-state index contributed by atoms with van der Waals surface area (Å²) in [5.74, 6) is -1.40. The molecule has 0 bridgehead atoms. The number of likely N-dealkylation sites (tertiary alicyclic amines) is 1. The van der Waals surface area contributed by atoms with Gasteiger partial charge in [0.25, 0.3) is 5.91 Å². The van der Waals surface area contributed by atoms with Crippen LogP contribution in [0.3, 0.4) is 0 Å². The maximum absolute atomic E-state index is 12.3. The summed E-state index contributed by atoms with van der Waals surface area (Å²) in [6.45, 7) is 2.05. The van der Waals surface area contributed by atoms with Crippen LogP contribution in [0.25, 0.3) is 0 Å². The molecule has 0 aliphatic carbocycles. The fourth-order valence-electron chi connectivity index (χ4n) is 2.50. The minimum Gasteiger partial charge on any atom is -0.480 e. The molecule has 1 aromatic rings. The maximum atomic E-state index is 12.3. The van der Waals surface area contributed by atoms with Gasteiger partial charge in [-0.1, -0.05) is 38.0 Å². The largest absolute Gasteiger partial charge is 0.480 e. The average Bonchev–Trinajstić information content (AvgIpc) is 2.50. The summed E-state index contributed by atoms with van der Waals surface area (Å²) in [4.78, 5) is 24.8. The number of benzene rings is 1. The Bertz CT molecular complexity index is 684. The SMILES string of the molecule is CCCCC(NS(=O)(=O)C1CN(C(=O)c2ccccc2)C1)C(=O)O. The molecule has 1 amide bonds. The van der Waals surface area contributed by atoms with Gasteiger partial charge in [-0.15, -0.1) is 0 Å². The van der Waals surface area contributed by atoms with E-state index in [1.165, 1.54) is 4.90 Å². The van der Waals surface area contributed by atoms with Crippen LogP contribution in [-0.4, -0.2) is 54.7 Å². The zero-order chi connectivity index (χ0) is 17.7. The Hall–Kier alpha value is -1.93. The first kappa shape index (κ1) is 18.4. The van der Waals surface area contributed by atoms with Crippen LogP contribution < -0.4 is 4.72 Å². The van der Waals surface area contributed by atoms with Crippen molar-refractivity contribution < 1.29 is 23.1 Å². The van der Waals surface area contributed by atoms with Gasteiger partial charge in [-0.05, 0) is 18.6 Å². The summed E-state index contributed by atoms with van der Waals surface area (Å²) in [5.41, 5.74) is 0.507. The summed E-state index contributed by atoms with van der Waals surface area (Å²) in [6, 6.07) is 7.52. The standard InChI is InChI=1S/C16H22N2O5S/c1-2-3-9-14(16(20)21)17-24(22,23)13-10-18(11-13)15(19)12-7-5-4-6-8-12/h4-8,13-14,17H,2-3,9-11H2,1H3,(H,20,21). The third-order valence-corrected chi connectivity index (χ3v) is 5.83.